The second kappa shape index (κ2) is 25.3. The zero-order chi connectivity index (χ0) is 46.8. The first-order valence-corrected chi connectivity index (χ1v) is 23.7. The number of aryl methyl sites for hydroxylation is 1. The largest absolute Gasteiger partial charge is 0.491 e. The van der Waals surface area contributed by atoms with Crippen LogP contribution in [0, 0.1) is 17.0 Å². The van der Waals surface area contributed by atoms with Crippen LogP contribution in [0.3, 0.4) is 0 Å². The molecule has 3 aliphatic rings. The summed E-state index contributed by atoms with van der Waals surface area (Å²) in [6.45, 7) is 11.3. The highest BCUT2D eigenvalue weighted by Crippen LogP contribution is 2.37. The van der Waals surface area contributed by atoms with Gasteiger partial charge in [-0.15, -0.1) is 36.2 Å². The smallest absolute Gasteiger partial charge is 0.246 e. The maximum absolute atomic E-state index is 14.9. The van der Waals surface area contributed by atoms with Crippen LogP contribution in [0.25, 0.3) is 11.3 Å². The zero-order valence-corrected chi connectivity index (χ0v) is 41.7. The van der Waals surface area contributed by atoms with E-state index in [1.54, 1.807) is 24.3 Å². The van der Waals surface area contributed by atoms with E-state index in [1.807, 2.05) is 51.1 Å². The summed E-state index contributed by atoms with van der Waals surface area (Å²) in [6.07, 6.45) is 3.02. The summed E-state index contributed by atoms with van der Waals surface area (Å²) in [5.41, 5.74) is 4.32. The van der Waals surface area contributed by atoms with Crippen molar-refractivity contribution in [1.29, 1.82) is 0 Å². The second-order valence-corrected chi connectivity index (χ2v) is 18.7. The number of likely N-dealkylation sites (N-methyl/N-ethyl adjacent to an activating group) is 1. The molecule has 3 amide bonds. The van der Waals surface area contributed by atoms with Crippen molar-refractivity contribution in [2.45, 2.75) is 84.1 Å². The fraction of sp³-hybridized carbons (Fsp3) is 0.510. The average molecular weight is 1010 g/mol. The van der Waals surface area contributed by atoms with Gasteiger partial charge in [-0.1, -0.05) is 51.1 Å². The standard InChI is InChI=1S/C49H62F2N6O8S.2ClH/c1-31(52-5)45(58)55-44(49(2,3)4)47(60)57-29-34-27-35(14-13-33(34)28-41(57)46(59)53-39-12-8-10-32-9-6-7-11-36(32)39)64-25-23-62-21-22-63-24-26-65-43-37(15-16-38(50)42(43)51)40-30-66-48(54-40)56-17-19-61-20-18-56;;/h6-7,9,11,13-16,27,30-31,39,41,44,52H,8,10,12,17-26,28-29H2,1-5H3,(H,53,59)(H,55,58);2*1H/t31?,39-,41+,44?;;/m1../s1. The Morgan fingerprint density at radius 3 is 2.34 bits per heavy atom. The highest BCUT2D eigenvalue weighted by atomic mass is 35.5. The molecule has 0 spiro atoms. The molecule has 14 nitrogen and oxygen atoms in total. The molecule has 4 aromatic rings. The normalized spacial score (nSPS) is 17.6. The number of hydrogen-bond donors (Lipinski definition) is 3. The lowest BCUT2D eigenvalue weighted by Gasteiger charge is -2.41. The number of thiazole rings is 1. The number of ether oxygens (including phenoxy) is 5. The van der Waals surface area contributed by atoms with Crippen molar-refractivity contribution in [2.24, 2.45) is 5.41 Å². The van der Waals surface area contributed by atoms with Gasteiger partial charge in [-0.2, -0.15) is 4.39 Å². The molecular weight excluding hydrogens is 942 g/mol. The van der Waals surface area contributed by atoms with Crippen LogP contribution >= 0.6 is 36.2 Å². The van der Waals surface area contributed by atoms with Gasteiger partial charge < -0.3 is 49.4 Å². The first-order valence-electron chi connectivity index (χ1n) is 22.8. The van der Waals surface area contributed by atoms with Crippen molar-refractivity contribution < 1.29 is 46.8 Å². The van der Waals surface area contributed by atoms with Crippen molar-refractivity contribution in [1.82, 2.24) is 25.8 Å². The van der Waals surface area contributed by atoms with Crippen LogP contribution in [0.1, 0.15) is 68.8 Å². The number of carbonyl (C=O) groups is 3. The van der Waals surface area contributed by atoms with E-state index in [9.17, 15) is 23.2 Å². The summed E-state index contributed by atoms with van der Waals surface area (Å²) in [5, 5.41) is 11.8. The van der Waals surface area contributed by atoms with Crippen molar-refractivity contribution in [2.75, 3.05) is 77.9 Å². The number of rotatable bonds is 19. The lowest BCUT2D eigenvalue weighted by molar-refractivity contribution is -0.147. The Morgan fingerprint density at radius 1 is 0.912 bits per heavy atom. The molecule has 68 heavy (non-hydrogen) atoms. The maximum Gasteiger partial charge on any atom is 0.246 e. The van der Waals surface area contributed by atoms with Gasteiger partial charge in [0.1, 0.15) is 31.0 Å². The predicted molar refractivity (Wildman–Crippen MR) is 262 cm³/mol. The minimum atomic E-state index is -1.08. The van der Waals surface area contributed by atoms with Crippen molar-refractivity contribution in [3.8, 4) is 22.8 Å². The molecule has 19 heteroatoms. The number of anilines is 1. The van der Waals surface area contributed by atoms with Crippen molar-refractivity contribution >= 4 is 59.0 Å². The predicted octanol–water partition coefficient (Wildman–Crippen LogP) is 6.85. The maximum atomic E-state index is 14.9. The molecule has 1 aliphatic carbocycles. The SMILES string of the molecule is CNC(C)C(=O)NC(C(=O)N1Cc2cc(OCCOCCOCCOc3c(-c4csc(N5CCOCC5)n4)ccc(F)c3F)ccc2C[C@H]1C(=O)N[C@@H]1CCCc2ccccc21)C(C)(C)C.Cl.Cl. The number of carbonyl (C=O) groups excluding carboxylic acids is 3. The number of halogens is 4. The summed E-state index contributed by atoms with van der Waals surface area (Å²) >= 11 is 1.43. The van der Waals surface area contributed by atoms with Gasteiger partial charge in [0.05, 0.1) is 57.4 Å². The van der Waals surface area contributed by atoms with Crippen LogP contribution in [-0.4, -0.2) is 119 Å². The number of aromatic nitrogens is 1. The zero-order valence-electron chi connectivity index (χ0n) is 39.3. The Bertz CT molecular complexity index is 2310. The molecule has 2 aliphatic heterocycles. The van der Waals surface area contributed by atoms with E-state index < -0.39 is 35.2 Å². The Morgan fingerprint density at radius 2 is 1.62 bits per heavy atom. The van der Waals surface area contributed by atoms with Crippen molar-refractivity contribution in [3.63, 3.8) is 0 Å². The number of nitrogens with zero attached hydrogens (tertiary/aromatic N) is 3. The molecule has 4 atom stereocenters. The van der Waals surface area contributed by atoms with Gasteiger partial charge in [0.25, 0.3) is 0 Å². The third kappa shape index (κ3) is 13.6. The third-order valence-electron chi connectivity index (χ3n) is 12.2. The monoisotopic (exact) mass is 1000 g/mol. The van der Waals surface area contributed by atoms with E-state index in [2.05, 4.69) is 38.0 Å². The molecule has 3 heterocycles. The van der Waals surface area contributed by atoms with E-state index >= 15 is 0 Å². The highest BCUT2D eigenvalue weighted by Gasteiger charge is 2.43. The fourth-order valence-corrected chi connectivity index (χ4v) is 9.29. The Hall–Kier alpha value is -4.62. The number of amides is 3. The highest BCUT2D eigenvalue weighted by molar-refractivity contribution is 7.14. The molecule has 1 saturated heterocycles. The Kier molecular flexibility index (Phi) is 20.2. The van der Waals surface area contributed by atoms with Gasteiger partial charge in [0, 0.05) is 37.0 Å². The number of nitrogens with one attached hydrogen (secondary N) is 3. The van der Waals surface area contributed by atoms with Crippen LogP contribution in [0.5, 0.6) is 11.5 Å². The van der Waals surface area contributed by atoms with E-state index in [1.165, 1.54) is 23.0 Å². The van der Waals surface area contributed by atoms with Crippen LogP contribution in [0.15, 0.2) is 60.0 Å². The first-order chi connectivity index (χ1) is 31.8. The molecule has 0 saturated carbocycles. The molecule has 3 N–H and O–H groups in total. The van der Waals surface area contributed by atoms with Gasteiger partial charge in [0.2, 0.25) is 23.5 Å². The molecular formula is C49H64Cl2F2N6O8S. The van der Waals surface area contributed by atoms with Crippen LogP contribution in [0.2, 0.25) is 0 Å². The Balaban J connectivity index is 0.00000432. The molecule has 7 rings (SSSR count). The summed E-state index contributed by atoms with van der Waals surface area (Å²) in [4.78, 5) is 50.5. The summed E-state index contributed by atoms with van der Waals surface area (Å²) < 4.78 is 57.7. The van der Waals surface area contributed by atoms with Crippen LogP contribution in [-0.2, 0) is 48.0 Å². The Labute approximate surface area is 414 Å². The molecule has 3 aromatic carbocycles. The number of hydrogen-bond acceptors (Lipinski definition) is 12. The molecule has 0 bridgehead atoms. The van der Waals surface area contributed by atoms with E-state index in [-0.39, 0.29) is 101 Å². The summed E-state index contributed by atoms with van der Waals surface area (Å²) in [5.74, 6) is -2.58. The van der Waals surface area contributed by atoms with Gasteiger partial charge in [-0.25, -0.2) is 9.37 Å². The van der Waals surface area contributed by atoms with Gasteiger partial charge >= 0.3 is 0 Å². The topological polar surface area (TPSA) is 153 Å². The summed E-state index contributed by atoms with van der Waals surface area (Å²) in [6, 6.07) is 14.0. The lowest BCUT2D eigenvalue weighted by atomic mass is 9.83. The minimum Gasteiger partial charge on any atom is -0.491 e. The minimum absolute atomic E-state index is 0. The molecule has 2 unspecified atom stereocenters. The molecule has 0 radical (unpaired) electrons. The number of benzene rings is 3. The van der Waals surface area contributed by atoms with Gasteiger partial charge in [-0.05, 0) is 85.2 Å². The molecule has 1 aromatic heterocycles. The molecule has 372 valence electrons. The fourth-order valence-electron chi connectivity index (χ4n) is 8.41. The number of morpholine rings is 1. The van der Waals surface area contributed by atoms with Crippen LogP contribution in [0.4, 0.5) is 13.9 Å². The molecule has 1 fully saturated rings. The quantitative estimate of drug-likeness (QED) is 0.0847. The number of fused-ring (bicyclic) bond motifs is 2. The average Bonchev–Trinajstić information content (AvgIpc) is 3.82. The lowest BCUT2D eigenvalue weighted by Crippen LogP contribution is -2.62. The van der Waals surface area contributed by atoms with Crippen LogP contribution < -0.4 is 30.3 Å². The van der Waals surface area contributed by atoms with Crippen molar-refractivity contribution in [3.05, 3.63) is 93.9 Å². The van der Waals surface area contributed by atoms with Gasteiger partial charge in [0.15, 0.2) is 16.7 Å². The third-order valence-corrected chi connectivity index (χ3v) is 13.1. The summed E-state index contributed by atoms with van der Waals surface area (Å²) in [7, 11) is 1.69. The second-order valence-electron chi connectivity index (χ2n) is 17.9. The van der Waals surface area contributed by atoms with E-state index in [4.69, 9.17) is 23.7 Å². The van der Waals surface area contributed by atoms with E-state index in [0.717, 1.165) is 47.2 Å². The van der Waals surface area contributed by atoms with Gasteiger partial charge in [-0.3, -0.25) is 14.4 Å². The first kappa shape index (κ1) is 54.3. The van der Waals surface area contributed by atoms with E-state index in [0.29, 0.717) is 49.7 Å².